The second-order valence-electron chi connectivity index (χ2n) is 5.33. The summed E-state index contributed by atoms with van der Waals surface area (Å²) in [4.78, 5) is 14.5. The summed E-state index contributed by atoms with van der Waals surface area (Å²) in [7, 11) is 1.94. The highest BCUT2D eigenvalue weighted by Gasteiger charge is 2.20. The van der Waals surface area contributed by atoms with E-state index >= 15 is 0 Å². The number of hydrogen-bond donors (Lipinski definition) is 0. The van der Waals surface area contributed by atoms with Crippen LogP contribution in [0.15, 0.2) is 41.0 Å². The molecule has 2 aromatic rings. The molecule has 0 aliphatic carbocycles. The van der Waals surface area contributed by atoms with E-state index < -0.39 is 0 Å². The van der Waals surface area contributed by atoms with Gasteiger partial charge in [0.1, 0.15) is 5.76 Å². The largest absolute Gasteiger partial charge is 0.468 e. The predicted octanol–water partition coefficient (Wildman–Crippen LogP) is 3.60. The van der Waals surface area contributed by atoms with E-state index in [9.17, 15) is 4.79 Å². The fourth-order valence-corrected chi connectivity index (χ4v) is 2.12. The monoisotopic (exact) mass is 271 g/mol. The summed E-state index contributed by atoms with van der Waals surface area (Å²) in [6, 6.07) is 9.48. The average Bonchev–Trinajstić information content (AvgIpc) is 2.93. The van der Waals surface area contributed by atoms with Crippen molar-refractivity contribution in [2.24, 2.45) is 0 Å². The number of rotatable bonds is 5. The van der Waals surface area contributed by atoms with Gasteiger partial charge in [-0.25, -0.2) is 0 Å². The molecule has 1 heterocycles. The second kappa shape index (κ2) is 6.06. The lowest BCUT2D eigenvalue weighted by Crippen LogP contribution is -2.35. The zero-order chi connectivity index (χ0) is 14.7. The fraction of sp³-hybridized carbons (Fsp3) is 0.353. The number of aryl methyl sites for hydroxylation is 2. The molecule has 106 valence electrons. The molecule has 1 atom stereocenters. The third kappa shape index (κ3) is 3.17. The van der Waals surface area contributed by atoms with Gasteiger partial charge in [0, 0.05) is 5.56 Å². The van der Waals surface area contributed by atoms with Crippen LogP contribution < -0.4 is 0 Å². The Morgan fingerprint density at radius 3 is 2.60 bits per heavy atom. The highest BCUT2D eigenvalue weighted by molar-refractivity contribution is 6.00. The van der Waals surface area contributed by atoms with E-state index in [2.05, 4.69) is 6.92 Å². The minimum atomic E-state index is -0.179. The van der Waals surface area contributed by atoms with Crippen LogP contribution in [-0.4, -0.2) is 23.8 Å². The summed E-state index contributed by atoms with van der Waals surface area (Å²) >= 11 is 0. The van der Waals surface area contributed by atoms with Gasteiger partial charge in [-0.2, -0.15) is 0 Å². The standard InChI is InChI=1S/C17H21NO2/c1-12-7-8-15(10-13(12)2)17(19)14(3)18(4)11-16-6-5-9-20-16/h5-10,14H,11H2,1-4H3. The number of Topliss-reactive ketones (excluding diaryl/α,β-unsaturated/α-hetero) is 1. The van der Waals surface area contributed by atoms with E-state index in [1.54, 1.807) is 6.26 Å². The maximum atomic E-state index is 12.5. The van der Waals surface area contributed by atoms with Gasteiger partial charge in [0.25, 0.3) is 0 Å². The van der Waals surface area contributed by atoms with E-state index in [-0.39, 0.29) is 11.8 Å². The Bertz CT molecular complexity index is 587. The second-order valence-corrected chi connectivity index (χ2v) is 5.33. The molecular formula is C17H21NO2. The van der Waals surface area contributed by atoms with Gasteiger partial charge in [0.2, 0.25) is 0 Å². The molecule has 20 heavy (non-hydrogen) atoms. The number of ketones is 1. The van der Waals surface area contributed by atoms with E-state index in [4.69, 9.17) is 4.42 Å². The van der Waals surface area contributed by atoms with Gasteiger partial charge in [-0.3, -0.25) is 9.69 Å². The van der Waals surface area contributed by atoms with Gasteiger partial charge in [-0.1, -0.05) is 12.1 Å². The van der Waals surface area contributed by atoms with Crippen molar-refractivity contribution in [3.63, 3.8) is 0 Å². The molecule has 0 amide bonds. The lowest BCUT2D eigenvalue weighted by molar-refractivity contribution is 0.0855. The molecule has 0 radical (unpaired) electrons. The van der Waals surface area contributed by atoms with Crippen molar-refractivity contribution in [1.29, 1.82) is 0 Å². The highest BCUT2D eigenvalue weighted by atomic mass is 16.3. The highest BCUT2D eigenvalue weighted by Crippen LogP contribution is 2.15. The Morgan fingerprint density at radius 1 is 1.25 bits per heavy atom. The molecule has 0 fully saturated rings. The Hall–Kier alpha value is -1.87. The van der Waals surface area contributed by atoms with E-state index in [0.717, 1.165) is 16.9 Å². The summed E-state index contributed by atoms with van der Waals surface area (Å²) < 4.78 is 5.32. The Morgan fingerprint density at radius 2 is 2.00 bits per heavy atom. The molecule has 0 saturated carbocycles. The first-order valence-corrected chi connectivity index (χ1v) is 6.83. The first kappa shape index (κ1) is 14.5. The molecule has 2 rings (SSSR count). The molecule has 1 unspecified atom stereocenters. The number of furan rings is 1. The number of benzene rings is 1. The van der Waals surface area contributed by atoms with Gasteiger partial charge in [0.05, 0.1) is 18.8 Å². The molecule has 3 heteroatoms. The SMILES string of the molecule is Cc1ccc(C(=O)C(C)N(C)Cc2ccco2)cc1C. The molecule has 0 spiro atoms. The normalized spacial score (nSPS) is 12.7. The zero-order valence-electron chi connectivity index (χ0n) is 12.5. The maximum absolute atomic E-state index is 12.5. The summed E-state index contributed by atoms with van der Waals surface area (Å²) in [6.07, 6.45) is 1.65. The summed E-state index contributed by atoms with van der Waals surface area (Å²) in [5.74, 6) is 1.01. The lowest BCUT2D eigenvalue weighted by Gasteiger charge is -2.22. The van der Waals surface area contributed by atoms with Crippen molar-refractivity contribution < 1.29 is 9.21 Å². The molecule has 0 N–H and O–H groups in total. The molecule has 3 nitrogen and oxygen atoms in total. The van der Waals surface area contributed by atoms with Crippen LogP contribution in [0.2, 0.25) is 0 Å². The quantitative estimate of drug-likeness (QED) is 0.779. The van der Waals surface area contributed by atoms with Crippen LogP contribution in [0.3, 0.4) is 0 Å². The first-order chi connectivity index (χ1) is 9.49. The van der Waals surface area contributed by atoms with Crippen LogP contribution in [0.25, 0.3) is 0 Å². The van der Waals surface area contributed by atoms with Gasteiger partial charge in [0.15, 0.2) is 5.78 Å². The predicted molar refractivity (Wildman–Crippen MR) is 79.9 cm³/mol. The summed E-state index contributed by atoms with van der Waals surface area (Å²) in [6.45, 7) is 6.64. The van der Waals surface area contributed by atoms with E-state index in [0.29, 0.717) is 6.54 Å². The molecule has 0 bridgehead atoms. The van der Waals surface area contributed by atoms with Crippen LogP contribution in [-0.2, 0) is 6.54 Å². The molecular weight excluding hydrogens is 250 g/mol. The number of hydrogen-bond acceptors (Lipinski definition) is 3. The lowest BCUT2D eigenvalue weighted by atomic mass is 10.00. The smallest absolute Gasteiger partial charge is 0.179 e. The van der Waals surface area contributed by atoms with E-state index in [1.807, 2.05) is 56.1 Å². The van der Waals surface area contributed by atoms with Gasteiger partial charge in [-0.15, -0.1) is 0 Å². The molecule has 0 aliphatic rings. The van der Waals surface area contributed by atoms with Gasteiger partial charge < -0.3 is 4.42 Å². The number of likely N-dealkylation sites (N-methyl/N-ethyl adjacent to an activating group) is 1. The van der Waals surface area contributed by atoms with Crippen molar-refractivity contribution in [3.8, 4) is 0 Å². The van der Waals surface area contributed by atoms with Crippen molar-refractivity contribution in [1.82, 2.24) is 4.90 Å². The summed E-state index contributed by atoms with van der Waals surface area (Å²) in [5.41, 5.74) is 3.13. The molecule has 0 aliphatic heterocycles. The van der Waals surface area contributed by atoms with Crippen LogP contribution in [0.5, 0.6) is 0 Å². The van der Waals surface area contributed by atoms with Crippen molar-refractivity contribution >= 4 is 5.78 Å². The molecule has 1 aromatic carbocycles. The third-order valence-electron chi connectivity index (χ3n) is 3.82. The van der Waals surface area contributed by atoms with Crippen LogP contribution in [0.1, 0.15) is 34.2 Å². The Balaban J connectivity index is 2.09. The molecule has 1 aromatic heterocycles. The third-order valence-corrected chi connectivity index (χ3v) is 3.82. The first-order valence-electron chi connectivity index (χ1n) is 6.83. The van der Waals surface area contributed by atoms with Crippen LogP contribution in [0, 0.1) is 13.8 Å². The topological polar surface area (TPSA) is 33.5 Å². The maximum Gasteiger partial charge on any atom is 0.179 e. The average molecular weight is 271 g/mol. The van der Waals surface area contributed by atoms with Crippen molar-refractivity contribution in [3.05, 3.63) is 59.0 Å². The minimum absolute atomic E-state index is 0.141. The Labute approximate surface area is 120 Å². The number of carbonyl (C=O) groups excluding carboxylic acids is 1. The number of nitrogens with zero attached hydrogens (tertiary/aromatic N) is 1. The Kier molecular flexibility index (Phi) is 4.40. The molecule has 0 saturated heterocycles. The fourth-order valence-electron chi connectivity index (χ4n) is 2.12. The zero-order valence-corrected chi connectivity index (χ0v) is 12.5. The van der Waals surface area contributed by atoms with Crippen molar-refractivity contribution in [2.45, 2.75) is 33.4 Å². The van der Waals surface area contributed by atoms with Gasteiger partial charge in [-0.05, 0) is 57.1 Å². The van der Waals surface area contributed by atoms with Gasteiger partial charge >= 0.3 is 0 Å². The van der Waals surface area contributed by atoms with Crippen molar-refractivity contribution in [2.75, 3.05) is 7.05 Å². The van der Waals surface area contributed by atoms with Crippen LogP contribution in [0.4, 0.5) is 0 Å². The van der Waals surface area contributed by atoms with Crippen LogP contribution >= 0.6 is 0 Å². The minimum Gasteiger partial charge on any atom is -0.468 e. The number of carbonyl (C=O) groups is 1. The summed E-state index contributed by atoms with van der Waals surface area (Å²) in [5, 5.41) is 0. The van der Waals surface area contributed by atoms with E-state index in [1.165, 1.54) is 5.56 Å².